The van der Waals surface area contributed by atoms with Gasteiger partial charge in [0.15, 0.2) is 11.5 Å². The van der Waals surface area contributed by atoms with Crippen molar-refractivity contribution in [2.24, 2.45) is 0 Å². The van der Waals surface area contributed by atoms with E-state index in [1.165, 1.54) is 0 Å². The van der Waals surface area contributed by atoms with Crippen molar-refractivity contribution in [1.82, 2.24) is 19.9 Å². The molecule has 7 heteroatoms. The van der Waals surface area contributed by atoms with Gasteiger partial charge >= 0.3 is 0 Å². The number of nitrogens with one attached hydrogen (secondary N) is 1. The number of carbonyl (C=O) groups excluding carboxylic acids is 1. The van der Waals surface area contributed by atoms with E-state index in [1.54, 1.807) is 12.7 Å². The summed E-state index contributed by atoms with van der Waals surface area (Å²) in [5.74, 6) is 0.872. The minimum absolute atomic E-state index is 0.0363. The highest BCUT2D eigenvalue weighted by Crippen LogP contribution is 2.33. The lowest BCUT2D eigenvalue weighted by molar-refractivity contribution is 0.0967. The van der Waals surface area contributed by atoms with E-state index in [1.807, 2.05) is 42.2 Å². The van der Waals surface area contributed by atoms with E-state index in [2.05, 4.69) is 50.8 Å². The molecular formula is C25H26N6O. The molecule has 162 valence electrons. The summed E-state index contributed by atoms with van der Waals surface area (Å²) >= 11 is 0. The van der Waals surface area contributed by atoms with Crippen molar-refractivity contribution < 1.29 is 4.79 Å². The quantitative estimate of drug-likeness (QED) is 0.521. The Balaban J connectivity index is 1.59. The number of nitrogens with zero attached hydrogens (tertiary/aromatic N) is 5. The second-order valence-electron chi connectivity index (χ2n) is 8.27. The fourth-order valence-electron chi connectivity index (χ4n) is 4.73. The van der Waals surface area contributed by atoms with Crippen LogP contribution in [0.3, 0.4) is 0 Å². The summed E-state index contributed by atoms with van der Waals surface area (Å²) < 4.78 is 0. The molecule has 2 aromatic carbocycles. The molecule has 3 heterocycles. The average Bonchev–Trinajstić information content (AvgIpc) is 3.27. The van der Waals surface area contributed by atoms with Gasteiger partial charge < -0.3 is 14.8 Å². The van der Waals surface area contributed by atoms with Crippen LogP contribution >= 0.6 is 0 Å². The number of aryl methyl sites for hydroxylation is 2. The first kappa shape index (κ1) is 20.2. The molecule has 1 unspecified atom stereocenters. The Kier molecular flexibility index (Phi) is 5.09. The minimum atomic E-state index is -0.0363. The van der Waals surface area contributed by atoms with Crippen LogP contribution in [-0.4, -0.2) is 45.0 Å². The largest absolute Gasteiger partial charge is 0.353 e. The number of H-pyrrole nitrogens is 1. The molecule has 1 aliphatic heterocycles. The second-order valence-corrected chi connectivity index (χ2v) is 8.27. The van der Waals surface area contributed by atoms with Crippen molar-refractivity contribution in [2.45, 2.75) is 33.2 Å². The SMILES string of the molecule is CCN(CC1Cc2cccc(C)c2C(=O)N1c1ccccc1C)c1ncnc2nc[nH]c12. The molecule has 1 aliphatic rings. The number of fused-ring (bicyclic) bond motifs is 2. The number of rotatable bonds is 5. The van der Waals surface area contributed by atoms with Crippen molar-refractivity contribution in [1.29, 1.82) is 0 Å². The van der Waals surface area contributed by atoms with Gasteiger partial charge in [0.2, 0.25) is 0 Å². The molecule has 7 nitrogen and oxygen atoms in total. The van der Waals surface area contributed by atoms with Gasteiger partial charge in [-0.25, -0.2) is 15.0 Å². The number of hydrogen-bond acceptors (Lipinski definition) is 5. The highest BCUT2D eigenvalue weighted by Gasteiger charge is 2.36. The van der Waals surface area contributed by atoms with E-state index >= 15 is 0 Å². The standard InChI is InChI=1S/C25H26N6O/c1-4-30(24-22-23(27-14-26-22)28-15-29-24)13-19-12-18-10-7-9-17(3)21(18)25(32)31(19)20-11-6-5-8-16(20)2/h5-11,14-15,19H,4,12-13H2,1-3H3,(H,26,27,28,29). The van der Waals surface area contributed by atoms with Crippen LogP contribution in [0.4, 0.5) is 11.5 Å². The zero-order chi connectivity index (χ0) is 22.2. The number of amides is 1. The molecule has 0 saturated heterocycles. The first-order chi connectivity index (χ1) is 15.6. The number of likely N-dealkylation sites (N-methyl/N-ethyl adjacent to an activating group) is 1. The lowest BCUT2D eigenvalue weighted by Crippen LogP contribution is -2.52. The number of aromatic amines is 1. The Morgan fingerprint density at radius 2 is 1.88 bits per heavy atom. The predicted octanol–water partition coefficient (Wildman–Crippen LogP) is 4.07. The first-order valence-electron chi connectivity index (χ1n) is 10.9. The smallest absolute Gasteiger partial charge is 0.259 e. The van der Waals surface area contributed by atoms with Crippen LogP contribution in [0.1, 0.15) is 34.0 Å². The fourth-order valence-corrected chi connectivity index (χ4v) is 4.73. The van der Waals surface area contributed by atoms with Crippen molar-refractivity contribution in [3.63, 3.8) is 0 Å². The molecule has 1 N–H and O–H groups in total. The zero-order valence-corrected chi connectivity index (χ0v) is 18.5. The summed E-state index contributed by atoms with van der Waals surface area (Å²) in [7, 11) is 0. The van der Waals surface area contributed by atoms with Crippen LogP contribution in [0.2, 0.25) is 0 Å². The van der Waals surface area contributed by atoms with E-state index in [0.717, 1.165) is 52.2 Å². The normalized spacial score (nSPS) is 15.8. The van der Waals surface area contributed by atoms with Crippen LogP contribution in [-0.2, 0) is 6.42 Å². The van der Waals surface area contributed by atoms with E-state index < -0.39 is 0 Å². The number of imidazole rings is 1. The van der Waals surface area contributed by atoms with Gasteiger partial charge in [-0.3, -0.25) is 4.79 Å². The highest BCUT2D eigenvalue weighted by atomic mass is 16.2. The molecule has 5 rings (SSSR count). The molecule has 0 aliphatic carbocycles. The van der Waals surface area contributed by atoms with Crippen LogP contribution < -0.4 is 9.80 Å². The zero-order valence-electron chi connectivity index (χ0n) is 18.5. The maximum absolute atomic E-state index is 13.8. The lowest BCUT2D eigenvalue weighted by Gasteiger charge is -2.40. The average molecular weight is 427 g/mol. The van der Waals surface area contributed by atoms with Gasteiger partial charge in [-0.15, -0.1) is 0 Å². The monoisotopic (exact) mass is 426 g/mol. The molecule has 32 heavy (non-hydrogen) atoms. The van der Waals surface area contributed by atoms with Crippen molar-refractivity contribution in [3.8, 4) is 0 Å². The number of para-hydroxylation sites is 1. The number of anilines is 2. The van der Waals surface area contributed by atoms with Crippen molar-refractivity contribution in [3.05, 3.63) is 77.4 Å². The second kappa shape index (κ2) is 8.07. The molecule has 0 spiro atoms. The molecule has 0 saturated carbocycles. The minimum Gasteiger partial charge on any atom is -0.353 e. The molecule has 2 aromatic heterocycles. The summed E-state index contributed by atoms with van der Waals surface area (Å²) in [5, 5.41) is 0. The Bertz CT molecular complexity index is 1300. The first-order valence-corrected chi connectivity index (χ1v) is 10.9. The van der Waals surface area contributed by atoms with Gasteiger partial charge in [-0.1, -0.05) is 36.4 Å². The molecule has 1 atom stereocenters. The van der Waals surface area contributed by atoms with E-state index in [0.29, 0.717) is 12.2 Å². The number of benzene rings is 2. The third kappa shape index (κ3) is 3.30. The maximum atomic E-state index is 13.8. The topological polar surface area (TPSA) is 78.0 Å². The lowest BCUT2D eigenvalue weighted by atomic mass is 9.89. The van der Waals surface area contributed by atoms with Gasteiger partial charge in [-0.05, 0) is 49.9 Å². The molecule has 1 amide bonds. The van der Waals surface area contributed by atoms with Gasteiger partial charge in [0.05, 0.1) is 12.4 Å². The predicted molar refractivity (Wildman–Crippen MR) is 126 cm³/mol. The third-order valence-electron chi connectivity index (χ3n) is 6.30. The van der Waals surface area contributed by atoms with Crippen molar-refractivity contribution >= 4 is 28.6 Å². The Morgan fingerprint density at radius 1 is 1.06 bits per heavy atom. The van der Waals surface area contributed by atoms with Crippen molar-refractivity contribution in [2.75, 3.05) is 22.9 Å². The molecule has 0 radical (unpaired) electrons. The van der Waals surface area contributed by atoms with Gasteiger partial charge in [-0.2, -0.15) is 0 Å². The fraction of sp³-hybridized carbons (Fsp3) is 0.280. The van der Waals surface area contributed by atoms with Crippen LogP contribution in [0.25, 0.3) is 11.2 Å². The summed E-state index contributed by atoms with van der Waals surface area (Å²) in [4.78, 5) is 34.3. The van der Waals surface area contributed by atoms with Gasteiger partial charge in [0.1, 0.15) is 11.8 Å². The summed E-state index contributed by atoms with van der Waals surface area (Å²) in [5.41, 5.74) is 6.46. The Labute approximate surface area is 187 Å². The third-order valence-corrected chi connectivity index (χ3v) is 6.30. The maximum Gasteiger partial charge on any atom is 0.259 e. The van der Waals surface area contributed by atoms with Crippen LogP contribution in [0.15, 0.2) is 55.1 Å². The van der Waals surface area contributed by atoms with Crippen LogP contribution in [0, 0.1) is 13.8 Å². The summed E-state index contributed by atoms with van der Waals surface area (Å²) in [6, 6.07) is 14.2. The van der Waals surface area contributed by atoms with Gasteiger partial charge in [0.25, 0.3) is 5.91 Å². The molecule has 0 fully saturated rings. The number of hydrogen-bond donors (Lipinski definition) is 1. The Hall–Kier alpha value is -3.74. The van der Waals surface area contributed by atoms with Crippen LogP contribution in [0.5, 0.6) is 0 Å². The number of aromatic nitrogens is 4. The highest BCUT2D eigenvalue weighted by molar-refractivity contribution is 6.10. The van der Waals surface area contributed by atoms with E-state index in [4.69, 9.17) is 0 Å². The summed E-state index contributed by atoms with van der Waals surface area (Å²) in [6.07, 6.45) is 3.97. The molecule has 4 aromatic rings. The van der Waals surface area contributed by atoms with E-state index in [-0.39, 0.29) is 11.9 Å². The van der Waals surface area contributed by atoms with E-state index in [9.17, 15) is 4.79 Å². The Morgan fingerprint density at radius 3 is 2.69 bits per heavy atom. The number of carbonyl (C=O) groups is 1. The summed E-state index contributed by atoms with van der Waals surface area (Å²) in [6.45, 7) is 7.57. The van der Waals surface area contributed by atoms with Gasteiger partial charge in [0, 0.05) is 24.3 Å². The molecule has 0 bridgehead atoms. The molecular weight excluding hydrogens is 400 g/mol.